The molecule has 8 heteroatoms. The Morgan fingerprint density at radius 3 is 2.46 bits per heavy atom. The largest absolute Gasteiger partial charge is 0.485 e. The standard InChI is InChI=1S/C20H19N3O5/c24-18(12-8-9-12)21-14-5-3-4-13(10-14)19(25)22-23-20(26)17-11-27-15-6-1-2-7-16(15)28-17/h1-7,10,12,17H,8-9,11H2,(H,21,24)(H,22,25)(H,23,26). The number of carbonyl (C=O) groups is 3. The first-order chi connectivity index (χ1) is 13.6. The molecule has 4 rings (SSSR count). The van der Waals surface area contributed by atoms with Gasteiger partial charge < -0.3 is 14.8 Å². The first-order valence-electron chi connectivity index (χ1n) is 9.00. The van der Waals surface area contributed by atoms with Gasteiger partial charge in [-0.05, 0) is 43.2 Å². The van der Waals surface area contributed by atoms with E-state index in [1.807, 2.05) is 6.07 Å². The molecule has 1 heterocycles. The highest BCUT2D eigenvalue weighted by Crippen LogP contribution is 2.31. The van der Waals surface area contributed by atoms with Gasteiger partial charge in [0, 0.05) is 17.2 Å². The molecule has 1 atom stereocenters. The maximum Gasteiger partial charge on any atom is 0.283 e. The monoisotopic (exact) mass is 381 g/mol. The third-order valence-electron chi connectivity index (χ3n) is 4.44. The van der Waals surface area contributed by atoms with E-state index in [4.69, 9.17) is 9.47 Å². The molecule has 144 valence electrons. The van der Waals surface area contributed by atoms with E-state index in [-0.39, 0.29) is 18.4 Å². The fraction of sp³-hybridized carbons (Fsp3) is 0.250. The first-order valence-corrected chi connectivity index (χ1v) is 9.00. The number of hydrogen-bond acceptors (Lipinski definition) is 5. The van der Waals surface area contributed by atoms with Gasteiger partial charge in [0.25, 0.3) is 11.8 Å². The number of rotatable bonds is 4. The van der Waals surface area contributed by atoms with Crippen LogP contribution in [-0.4, -0.2) is 30.4 Å². The highest BCUT2D eigenvalue weighted by Gasteiger charge is 2.30. The third kappa shape index (κ3) is 4.06. The number of hydrazine groups is 1. The summed E-state index contributed by atoms with van der Waals surface area (Å²) in [6.07, 6.45) is 0.921. The van der Waals surface area contributed by atoms with Crippen LogP contribution in [0.3, 0.4) is 0 Å². The third-order valence-corrected chi connectivity index (χ3v) is 4.44. The zero-order valence-electron chi connectivity index (χ0n) is 14.9. The smallest absolute Gasteiger partial charge is 0.283 e. The fourth-order valence-electron chi connectivity index (χ4n) is 2.75. The summed E-state index contributed by atoms with van der Waals surface area (Å²) in [6, 6.07) is 13.6. The van der Waals surface area contributed by atoms with Gasteiger partial charge in [0.1, 0.15) is 6.61 Å². The van der Waals surface area contributed by atoms with Crippen molar-refractivity contribution in [3.05, 3.63) is 54.1 Å². The van der Waals surface area contributed by atoms with Crippen LogP contribution in [0.5, 0.6) is 11.5 Å². The Morgan fingerprint density at radius 2 is 1.68 bits per heavy atom. The SMILES string of the molecule is O=C(NNC(=O)C1COc2ccccc2O1)c1cccc(NC(=O)C2CC2)c1. The summed E-state index contributed by atoms with van der Waals surface area (Å²) in [5.41, 5.74) is 5.53. The van der Waals surface area contributed by atoms with Crippen LogP contribution in [0.4, 0.5) is 5.69 Å². The lowest BCUT2D eigenvalue weighted by Crippen LogP contribution is -2.50. The molecule has 0 radical (unpaired) electrons. The summed E-state index contributed by atoms with van der Waals surface area (Å²) in [7, 11) is 0. The van der Waals surface area contributed by atoms with Crippen LogP contribution < -0.4 is 25.6 Å². The summed E-state index contributed by atoms with van der Waals surface area (Å²) in [5, 5.41) is 2.78. The Balaban J connectivity index is 1.31. The van der Waals surface area contributed by atoms with E-state index in [1.165, 1.54) is 0 Å². The summed E-state index contributed by atoms with van der Waals surface area (Å²) in [4.78, 5) is 36.4. The van der Waals surface area contributed by atoms with Crippen molar-refractivity contribution in [1.82, 2.24) is 10.9 Å². The highest BCUT2D eigenvalue weighted by atomic mass is 16.6. The van der Waals surface area contributed by atoms with Gasteiger partial charge in [0.2, 0.25) is 12.0 Å². The van der Waals surface area contributed by atoms with Crippen molar-refractivity contribution in [1.29, 1.82) is 0 Å². The Labute approximate surface area is 161 Å². The number of nitrogens with one attached hydrogen (secondary N) is 3. The average molecular weight is 381 g/mol. The molecular weight excluding hydrogens is 362 g/mol. The van der Waals surface area contributed by atoms with Crippen LogP contribution in [0.1, 0.15) is 23.2 Å². The molecule has 28 heavy (non-hydrogen) atoms. The molecule has 8 nitrogen and oxygen atoms in total. The molecule has 1 aliphatic carbocycles. The molecule has 1 unspecified atom stereocenters. The number of amides is 3. The predicted octanol–water partition coefficient (Wildman–Crippen LogP) is 1.64. The van der Waals surface area contributed by atoms with E-state index in [0.717, 1.165) is 12.8 Å². The van der Waals surface area contributed by atoms with E-state index in [1.54, 1.807) is 42.5 Å². The number of ether oxygens (including phenoxy) is 2. The number of benzene rings is 2. The van der Waals surface area contributed by atoms with Crippen molar-refractivity contribution in [3.63, 3.8) is 0 Å². The summed E-state index contributed by atoms with van der Waals surface area (Å²) in [6.45, 7) is 0.0431. The molecule has 3 amide bonds. The molecule has 0 bridgehead atoms. The number of fused-ring (bicyclic) bond motifs is 1. The molecule has 1 aliphatic heterocycles. The predicted molar refractivity (Wildman–Crippen MR) is 99.8 cm³/mol. The van der Waals surface area contributed by atoms with E-state index >= 15 is 0 Å². The molecule has 1 saturated carbocycles. The lowest BCUT2D eigenvalue weighted by Gasteiger charge is -2.25. The van der Waals surface area contributed by atoms with Crippen LogP contribution in [-0.2, 0) is 9.59 Å². The lowest BCUT2D eigenvalue weighted by atomic mass is 10.2. The Bertz CT molecular complexity index is 926. The van der Waals surface area contributed by atoms with Gasteiger partial charge in [-0.25, -0.2) is 0 Å². The molecule has 3 N–H and O–H groups in total. The second kappa shape index (κ2) is 7.59. The van der Waals surface area contributed by atoms with E-state index < -0.39 is 17.9 Å². The van der Waals surface area contributed by atoms with Gasteiger partial charge in [-0.15, -0.1) is 0 Å². The normalized spacial score (nSPS) is 17.4. The van der Waals surface area contributed by atoms with Gasteiger partial charge in [0.15, 0.2) is 11.5 Å². The number of hydrogen-bond donors (Lipinski definition) is 3. The maximum absolute atomic E-state index is 12.3. The zero-order chi connectivity index (χ0) is 19.5. The number of carbonyl (C=O) groups excluding carboxylic acids is 3. The van der Waals surface area contributed by atoms with Crippen LogP contribution in [0.15, 0.2) is 48.5 Å². The summed E-state index contributed by atoms with van der Waals surface area (Å²) >= 11 is 0. The minimum Gasteiger partial charge on any atom is -0.485 e. The average Bonchev–Trinajstić information content (AvgIpc) is 3.57. The molecule has 1 fully saturated rings. The fourth-order valence-corrected chi connectivity index (χ4v) is 2.75. The molecular formula is C20H19N3O5. The maximum atomic E-state index is 12.3. The molecule has 0 spiro atoms. The highest BCUT2D eigenvalue weighted by molar-refractivity contribution is 5.99. The van der Waals surface area contributed by atoms with Crippen LogP contribution in [0.25, 0.3) is 0 Å². The molecule has 2 aromatic rings. The Morgan fingerprint density at radius 1 is 0.893 bits per heavy atom. The molecule has 2 aliphatic rings. The Kier molecular flexibility index (Phi) is 4.84. The minimum absolute atomic E-state index is 0.0411. The molecule has 0 saturated heterocycles. The number of para-hydroxylation sites is 2. The van der Waals surface area contributed by atoms with Crippen LogP contribution in [0.2, 0.25) is 0 Å². The quantitative estimate of drug-likeness (QED) is 0.698. The van der Waals surface area contributed by atoms with Gasteiger partial charge in [-0.2, -0.15) is 0 Å². The second-order valence-electron chi connectivity index (χ2n) is 6.65. The summed E-state index contributed by atoms with van der Waals surface area (Å²) in [5.74, 6) is 0.0363. The van der Waals surface area contributed by atoms with E-state index in [9.17, 15) is 14.4 Å². The van der Waals surface area contributed by atoms with Gasteiger partial charge >= 0.3 is 0 Å². The summed E-state index contributed by atoms with van der Waals surface area (Å²) < 4.78 is 11.1. The molecule has 0 aromatic heterocycles. The minimum atomic E-state index is -0.876. The van der Waals surface area contributed by atoms with E-state index in [2.05, 4.69) is 16.2 Å². The Hall–Kier alpha value is -3.55. The van der Waals surface area contributed by atoms with Crippen molar-refractivity contribution >= 4 is 23.4 Å². The van der Waals surface area contributed by atoms with E-state index in [0.29, 0.717) is 22.7 Å². The van der Waals surface area contributed by atoms with Gasteiger partial charge in [-0.1, -0.05) is 18.2 Å². The topological polar surface area (TPSA) is 106 Å². The second-order valence-corrected chi connectivity index (χ2v) is 6.65. The lowest BCUT2D eigenvalue weighted by molar-refractivity contribution is -0.131. The van der Waals surface area contributed by atoms with Crippen LogP contribution in [0, 0.1) is 5.92 Å². The van der Waals surface area contributed by atoms with Crippen molar-refractivity contribution in [2.24, 2.45) is 5.92 Å². The zero-order valence-corrected chi connectivity index (χ0v) is 14.9. The van der Waals surface area contributed by atoms with Crippen molar-refractivity contribution in [2.45, 2.75) is 18.9 Å². The van der Waals surface area contributed by atoms with Crippen molar-refractivity contribution in [3.8, 4) is 11.5 Å². The van der Waals surface area contributed by atoms with Crippen molar-refractivity contribution in [2.75, 3.05) is 11.9 Å². The van der Waals surface area contributed by atoms with Gasteiger partial charge in [0.05, 0.1) is 0 Å². The number of anilines is 1. The first kappa shape index (κ1) is 17.8. The molecule has 2 aromatic carbocycles. The van der Waals surface area contributed by atoms with Crippen molar-refractivity contribution < 1.29 is 23.9 Å². The van der Waals surface area contributed by atoms with Gasteiger partial charge in [-0.3, -0.25) is 25.2 Å². The van der Waals surface area contributed by atoms with Crippen LogP contribution >= 0.6 is 0 Å².